The quantitative estimate of drug-likeness (QED) is 0.847. The molecule has 1 aliphatic rings. The third-order valence-electron chi connectivity index (χ3n) is 3.58. The highest BCUT2D eigenvalue weighted by Gasteiger charge is 2.20. The number of Topliss-reactive ketones (excluding diaryl/α,β-unsaturated/α-hetero) is 1. The van der Waals surface area contributed by atoms with Gasteiger partial charge in [0.25, 0.3) is 5.91 Å². The van der Waals surface area contributed by atoms with Crippen LogP contribution in [0.4, 0.5) is 0 Å². The molecule has 1 fully saturated rings. The first-order chi connectivity index (χ1) is 9.56. The number of hydrogen-bond acceptors (Lipinski definition) is 3. The molecule has 0 saturated carbocycles. The van der Waals surface area contributed by atoms with Crippen LogP contribution in [0.1, 0.15) is 38.2 Å². The minimum Gasteiger partial charge on any atom is -0.484 e. The molecule has 1 aromatic carbocycles. The zero-order valence-electron chi connectivity index (χ0n) is 12.1. The molecule has 1 aliphatic heterocycles. The normalized spacial score (nSPS) is 15.6. The maximum atomic E-state index is 11.9. The van der Waals surface area contributed by atoms with Crippen LogP contribution < -0.4 is 4.74 Å². The Morgan fingerprint density at radius 2 is 1.80 bits per heavy atom. The van der Waals surface area contributed by atoms with E-state index in [2.05, 4.69) is 13.8 Å². The predicted octanol–water partition coefficient (Wildman–Crippen LogP) is 2.38. The van der Waals surface area contributed by atoms with E-state index in [-0.39, 0.29) is 18.3 Å². The second-order valence-corrected chi connectivity index (χ2v) is 5.43. The van der Waals surface area contributed by atoms with Gasteiger partial charge < -0.3 is 9.64 Å². The molecular weight excluding hydrogens is 254 g/mol. The van der Waals surface area contributed by atoms with Crippen molar-refractivity contribution >= 4 is 11.7 Å². The van der Waals surface area contributed by atoms with Crippen molar-refractivity contribution in [3.05, 3.63) is 29.8 Å². The number of nitrogens with zero attached hydrogens (tertiary/aromatic N) is 1. The van der Waals surface area contributed by atoms with Crippen LogP contribution in [0.3, 0.4) is 0 Å². The molecule has 4 nitrogen and oxygen atoms in total. The summed E-state index contributed by atoms with van der Waals surface area (Å²) in [6.07, 6.45) is 0.934. The van der Waals surface area contributed by atoms with Crippen molar-refractivity contribution in [2.24, 2.45) is 0 Å². The molecule has 108 valence electrons. The standard InChI is InChI=1S/C16H21NO3/c1-12(2)13-3-5-15(6-4-13)20-11-16(19)17-9-7-14(18)8-10-17/h3-6,12H,7-11H2,1-2H3. The van der Waals surface area contributed by atoms with Gasteiger partial charge in [0.15, 0.2) is 6.61 Å². The summed E-state index contributed by atoms with van der Waals surface area (Å²) < 4.78 is 5.51. The molecule has 0 unspecified atom stereocenters. The number of carbonyl (C=O) groups is 2. The van der Waals surface area contributed by atoms with Gasteiger partial charge in [0, 0.05) is 25.9 Å². The van der Waals surface area contributed by atoms with Crippen LogP contribution in [-0.4, -0.2) is 36.3 Å². The summed E-state index contributed by atoms with van der Waals surface area (Å²) in [5, 5.41) is 0. The first-order valence-electron chi connectivity index (χ1n) is 7.08. The van der Waals surface area contributed by atoms with Crippen molar-refractivity contribution in [2.75, 3.05) is 19.7 Å². The monoisotopic (exact) mass is 275 g/mol. The highest BCUT2D eigenvalue weighted by molar-refractivity contribution is 5.83. The smallest absolute Gasteiger partial charge is 0.260 e. The molecule has 0 atom stereocenters. The third kappa shape index (κ3) is 3.83. The maximum Gasteiger partial charge on any atom is 0.260 e. The molecule has 1 heterocycles. The van der Waals surface area contributed by atoms with E-state index in [0.717, 1.165) is 0 Å². The highest BCUT2D eigenvalue weighted by atomic mass is 16.5. The topological polar surface area (TPSA) is 46.6 Å². The minimum absolute atomic E-state index is 0.0369. The molecule has 0 aromatic heterocycles. The molecule has 20 heavy (non-hydrogen) atoms. The van der Waals surface area contributed by atoms with Gasteiger partial charge in [-0.25, -0.2) is 0 Å². The van der Waals surface area contributed by atoms with Gasteiger partial charge in [-0.05, 0) is 23.6 Å². The zero-order chi connectivity index (χ0) is 14.5. The number of ether oxygens (including phenoxy) is 1. The highest BCUT2D eigenvalue weighted by Crippen LogP contribution is 2.18. The van der Waals surface area contributed by atoms with E-state index in [1.807, 2.05) is 24.3 Å². The Bertz CT molecular complexity index is 469. The lowest BCUT2D eigenvalue weighted by Gasteiger charge is -2.25. The number of carbonyl (C=O) groups excluding carboxylic acids is 2. The molecule has 0 bridgehead atoms. The summed E-state index contributed by atoms with van der Waals surface area (Å²) in [4.78, 5) is 24.8. The minimum atomic E-state index is -0.0505. The summed E-state index contributed by atoms with van der Waals surface area (Å²) in [5.74, 6) is 1.37. The van der Waals surface area contributed by atoms with Crippen LogP contribution in [-0.2, 0) is 9.59 Å². The van der Waals surface area contributed by atoms with Gasteiger partial charge >= 0.3 is 0 Å². The van der Waals surface area contributed by atoms with E-state index in [0.29, 0.717) is 37.6 Å². The average Bonchev–Trinajstić information content (AvgIpc) is 2.46. The van der Waals surface area contributed by atoms with Crippen molar-refractivity contribution in [2.45, 2.75) is 32.6 Å². The fourth-order valence-corrected chi connectivity index (χ4v) is 2.19. The predicted molar refractivity (Wildman–Crippen MR) is 76.8 cm³/mol. The molecule has 2 rings (SSSR count). The molecule has 4 heteroatoms. The Morgan fingerprint density at radius 3 is 2.35 bits per heavy atom. The Labute approximate surface area is 119 Å². The zero-order valence-corrected chi connectivity index (χ0v) is 12.1. The van der Waals surface area contributed by atoms with Gasteiger partial charge in [0.05, 0.1) is 0 Å². The number of ketones is 1. The van der Waals surface area contributed by atoms with Gasteiger partial charge in [-0.2, -0.15) is 0 Å². The lowest BCUT2D eigenvalue weighted by atomic mass is 10.0. The number of likely N-dealkylation sites (tertiary alicyclic amines) is 1. The van der Waals surface area contributed by atoms with Crippen molar-refractivity contribution in [1.29, 1.82) is 0 Å². The van der Waals surface area contributed by atoms with Gasteiger partial charge in [-0.15, -0.1) is 0 Å². The Balaban J connectivity index is 1.82. The van der Waals surface area contributed by atoms with Crippen LogP contribution in [0, 0.1) is 0 Å². The molecule has 1 saturated heterocycles. The molecule has 0 radical (unpaired) electrons. The van der Waals surface area contributed by atoms with Gasteiger partial charge in [0.2, 0.25) is 0 Å². The number of benzene rings is 1. The Hall–Kier alpha value is -1.84. The van der Waals surface area contributed by atoms with E-state index >= 15 is 0 Å². The fraction of sp³-hybridized carbons (Fsp3) is 0.500. The van der Waals surface area contributed by atoms with Gasteiger partial charge in [-0.3, -0.25) is 9.59 Å². The molecule has 1 aromatic rings. The summed E-state index contributed by atoms with van der Waals surface area (Å²) in [5.41, 5.74) is 1.25. The summed E-state index contributed by atoms with van der Waals surface area (Å²) in [7, 11) is 0. The third-order valence-corrected chi connectivity index (χ3v) is 3.58. The number of rotatable bonds is 4. The van der Waals surface area contributed by atoms with Crippen LogP contribution in [0.25, 0.3) is 0 Å². The van der Waals surface area contributed by atoms with E-state index in [9.17, 15) is 9.59 Å². The average molecular weight is 275 g/mol. The van der Waals surface area contributed by atoms with Crippen LogP contribution in [0.5, 0.6) is 5.75 Å². The second kappa shape index (κ2) is 6.55. The SMILES string of the molecule is CC(C)c1ccc(OCC(=O)N2CCC(=O)CC2)cc1. The van der Waals surface area contributed by atoms with Gasteiger partial charge in [0.1, 0.15) is 11.5 Å². The van der Waals surface area contributed by atoms with E-state index < -0.39 is 0 Å². The first-order valence-corrected chi connectivity index (χ1v) is 7.08. The molecule has 0 N–H and O–H groups in total. The van der Waals surface area contributed by atoms with Crippen LogP contribution in [0.2, 0.25) is 0 Å². The lowest BCUT2D eigenvalue weighted by Crippen LogP contribution is -2.41. The molecule has 1 amide bonds. The van der Waals surface area contributed by atoms with Gasteiger partial charge in [-0.1, -0.05) is 26.0 Å². The molecular formula is C16H21NO3. The number of amides is 1. The second-order valence-electron chi connectivity index (χ2n) is 5.43. The Morgan fingerprint density at radius 1 is 1.20 bits per heavy atom. The van der Waals surface area contributed by atoms with Crippen LogP contribution >= 0.6 is 0 Å². The fourth-order valence-electron chi connectivity index (χ4n) is 2.19. The summed E-state index contributed by atoms with van der Waals surface area (Å²) >= 11 is 0. The van der Waals surface area contributed by atoms with E-state index in [4.69, 9.17) is 4.74 Å². The number of hydrogen-bond donors (Lipinski definition) is 0. The number of piperidine rings is 1. The van der Waals surface area contributed by atoms with Crippen molar-refractivity contribution in [1.82, 2.24) is 4.90 Å². The molecule has 0 spiro atoms. The summed E-state index contributed by atoms with van der Waals surface area (Å²) in [6.45, 7) is 5.35. The first kappa shape index (κ1) is 14.6. The lowest BCUT2D eigenvalue weighted by molar-refractivity contribution is -0.136. The van der Waals surface area contributed by atoms with Crippen LogP contribution in [0.15, 0.2) is 24.3 Å². The summed E-state index contributed by atoms with van der Waals surface area (Å²) in [6, 6.07) is 7.82. The van der Waals surface area contributed by atoms with E-state index in [1.165, 1.54) is 5.56 Å². The largest absolute Gasteiger partial charge is 0.484 e. The molecule has 0 aliphatic carbocycles. The van der Waals surface area contributed by atoms with Crippen molar-refractivity contribution in [3.8, 4) is 5.75 Å². The van der Waals surface area contributed by atoms with Crippen molar-refractivity contribution in [3.63, 3.8) is 0 Å². The van der Waals surface area contributed by atoms with Crippen molar-refractivity contribution < 1.29 is 14.3 Å². The maximum absolute atomic E-state index is 11.9. The Kier molecular flexibility index (Phi) is 4.77. The van der Waals surface area contributed by atoms with E-state index in [1.54, 1.807) is 4.90 Å².